The van der Waals surface area contributed by atoms with Crippen LogP contribution in [0.3, 0.4) is 0 Å². The third-order valence-electron chi connectivity index (χ3n) is 5.32. The summed E-state index contributed by atoms with van der Waals surface area (Å²) in [7, 11) is 0. The van der Waals surface area contributed by atoms with Crippen LogP contribution in [-0.4, -0.2) is 42.7 Å². The molecule has 154 valence electrons. The Morgan fingerprint density at radius 1 is 1.26 bits per heavy atom. The van der Waals surface area contributed by atoms with Gasteiger partial charge in [-0.15, -0.1) is 24.8 Å². The van der Waals surface area contributed by atoms with Gasteiger partial charge in [-0.2, -0.15) is 0 Å². The Hall–Kier alpha value is -1.08. The maximum atomic E-state index is 12.4. The van der Waals surface area contributed by atoms with E-state index < -0.39 is 0 Å². The largest absolute Gasteiger partial charge is 0.372 e. The van der Waals surface area contributed by atoms with E-state index in [4.69, 9.17) is 10.5 Å². The molecular formula is C19H32Cl2N4O2. The normalized spacial score (nSPS) is 27.4. The molecule has 3 N–H and O–H groups in total. The molecule has 2 aliphatic rings. The summed E-state index contributed by atoms with van der Waals surface area (Å²) in [6.07, 6.45) is 5.42. The number of pyridine rings is 1. The van der Waals surface area contributed by atoms with Crippen LogP contribution in [0.2, 0.25) is 0 Å². The quantitative estimate of drug-likeness (QED) is 0.767. The summed E-state index contributed by atoms with van der Waals surface area (Å²) in [6.45, 7) is 7.01. The van der Waals surface area contributed by atoms with Gasteiger partial charge in [-0.25, -0.2) is 4.98 Å². The van der Waals surface area contributed by atoms with Crippen LogP contribution in [0.4, 0.5) is 5.82 Å². The smallest absolute Gasteiger partial charge is 0.223 e. The third kappa shape index (κ3) is 6.21. The number of nitrogens with zero attached hydrogens (tertiary/aromatic N) is 2. The van der Waals surface area contributed by atoms with E-state index in [0.717, 1.165) is 43.7 Å². The zero-order chi connectivity index (χ0) is 17.8. The molecule has 3 rings (SSSR count). The van der Waals surface area contributed by atoms with Crippen molar-refractivity contribution in [2.75, 3.05) is 24.5 Å². The predicted molar refractivity (Wildman–Crippen MR) is 113 cm³/mol. The van der Waals surface area contributed by atoms with Gasteiger partial charge in [-0.1, -0.05) is 12.5 Å². The first-order valence-electron chi connectivity index (χ1n) is 9.40. The Kier molecular flexibility index (Phi) is 9.81. The highest BCUT2D eigenvalue weighted by Gasteiger charge is 2.31. The summed E-state index contributed by atoms with van der Waals surface area (Å²) in [5.74, 6) is 1.52. The molecule has 1 aliphatic carbocycles. The summed E-state index contributed by atoms with van der Waals surface area (Å²) >= 11 is 0. The number of carbonyl (C=O) groups excluding carboxylic acids is 1. The lowest BCUT2D eigenvalue weighted by molar-refractivity contribution is -0.126. The van der Waals surface area contributed by atoms with Gasteiger partial charge in [-0.3, -0.25) is 4.79 Å². The van der Waals surface area contributed by atoms with Crippen molar-refractivity contribution in [1.29, 1.82) is 0 Å². The van der Waals surface area contributed by atoms with Crippen molar-refractivity contribution in [1.82, 2.24) is 10.3 Å². The Morgan fingerprint density at radius 3 is 2.56 bits per heavy atom. The topological polar surface area (TPSA) is 80.5 Å². The van der Waals surface area contributed by atoms with Crippen molar-refractivity contribution in [3.63, 3.8) is 0 Å². The molecule has 2 heterocycles. The van der Waals surface area contributed by atoms with Crippen LogP contribution >= 0.6 is 24.8 Å². The number of carbonyl (C=O) groups is 1. The highest BCUT2D eigenvalue weighted by molar-refractivity contribution is 5.85. The van der Waals surface area contributed by atoms with Gasteiger partial charge in [0.25, 0.3) is 0 Å². The molecule has 8 heteroatoms. The molecule has 27 heavy (non-hydrogen) atoms. The Balaban J connectivity index is 0.00000182. The number of hydrogen-bond acceptors (Lipinski definition) is 5. The number of halogens is 2. The van der Waals surface area contributed by atoms with Crippen LogP contribution < -0.4 is 16.0 Å². The first-order valence-corrected chi connectivity index (χ1v) is 9.40. The zero-order valence-corrected chi connectivity index (χ0v) is 17.7. The number of rotatable bonds is 5. The molecule has 4 atom stereocenters. The standard InChI is InChI=1S/C19H30N4O2.2ClH/c1-13-11-23(12-14(2)25-13)18-7-6-15(9-21-18)10-22-19(24)17-5-3-4-16(17)8-20;;/h6-7,9,13-14,16-17H,3-5,8,10-12,20H2,1-2H3,(H,22,24);2*1H/t13?,14?,16-,17-;;/m1../s1. The average Bonchev–Trinajstić information content (AvgIpc) is 3.08. The van der Waals surface area contributed by atoms with E-state index in [1.54, 1.807) is 0 Å². The van der Waals surface area contributed by atoms with Gasteiger partial charge in [0.15, 0.2) is 0 Å². The third-order valence-corrected chi connectivity index (χ3v) is 5.32. The number of morpholine rings is 1. The van der Waals surface area contributed by atoms with Crippen molar-refractivity contribution in [3.8, 4) is 0 Å². The van der Waals surface area contributed by atoms with E-state index in [0.29, 0.717) is 19.0 Å². The molecule has 1 amide bonds. The van der Waals surface area contributed by atoms with Gasteiger partial charge in [0, 0.05) is 31.7 Å². The number of ether oxygens (including phenoxy) is 1. The van der Waals surface area contributed by atoms with Crippen LogP contribution in [-0.2, 0) is 16.1 Å². The molecule has 6 nitrogen and oxygen atoms in total. The van der Waals surface area contributed by atoms with Crippen molar-refractivity contribution in [3.05, 3.63) is 23.9 Å². The van der Waals surface area contributed by atoms with Gasteiger partial charge in [0.05, 0.1) is 12.2 Å². The van der Waals surface area contributed by atoms with E-state index in [2.05, 4.69) is 29.0 Å². The molecular weight excluding hydrogens is 387 g/mol. The predicted octanol–water partition coefficient (Wildman–Crippen LogP) is 2.53. The summed E-state index contributed by atoms with van der Waals surface area (Å²) in [4.78, 5) is 19.2. The van der Waals surface area contributed by atoms with Gasteiger partial charge >= 0.3 is 0 Å². The van der Waals surface area contributed by atoms with Gasteiger partial charge in [0.2, 0.25) is 5.91 Å². The van der Waals surface area contributed by atoms with Crippen LogP contribution in [0.1, 0.15) is 38.7 Å². The first-order chi connectivity index (χ1) is 12.1. The molecule has 2 fully saturated rings. The number of hydrogen-bond donors (Lipinski definition) is 2. The van der Waals surface area contributed by atoms with Crippen molar-refractivity contribution in [2.24, 2.45) is 17.6 Å². The van der Waals surface area contributed by atoms with Gasteiger partial charge < -0.3 is 20.7 Å². The van der Waals surface area contributed by atoms with Crippen LogP contribution in [0.25, 0.3) is 0 Å². The molecule has 1 aromatic rings. The molecule has 0 spiro atoms. The molecule has 1 aromatic heterocycles. The summed E-state index contributed by atoms with van der Waals surface area (Å²) < 4.78 is 5.77. The lowest BCUT2D eigenvalue weighted by Crippen LogP contribution is -2.45. The van der Waals surface area contributed by atoms with Crippen molar-refractivity contribution < 1.29 is 9.53 Å². The number of nitrogens with two attached hydrogens (primary N) is 1. The Morgan fingerprint density at radius 2 is 1.96 bits per heavy atom. The summed E-state index contributed by atoms with van der Waals surface area (Å²) in [5, 5.41) is 3.05. The van der Waals surface area contributed by atoms with E-state index in [-0.39, 0.29) is 48.8 Å². The van der Waals surface area contributed by atoms with Crippen LogP contribution in [0, 0.1) is 11.8 Å². The average molecular weight is 419 g/mol. The number of nitrogens with one attached hydrogen (secondary N) is 1. The maximum absolute atomic E-state index is 12.4. The van der Waals surface area contributed by atoms with E-state index in [9.17, 15) is 4.79 Å². The summed E-state index contributed by atoms with van der Waals surface area (Å²) in [6, 6.07) is 4.08. The second-order valence-electron chi connectivity index (χ2n) is 7.44. The Labute approximate surface area is 174 Å². The van der Waals surface area contributed by atoms with Gasteiger partial charge in [-0.05, 0) is 50.8 Å². The molecule has 0 bridgehead atoms. The first kappa shape index (κ1) is 24.0. The number of aromatic nitrogens is 1. The molecule has 2 unspecified atom stereocenters. The molecule has 1 saturated carbocycles. The SMILES string of the molecule is CC1CN(c2ccc(CNC(=O)[C@@H]3CCC[C@@H]3CN)cn2)CC(C)O1.Cl.Cl. The molecule has 0 aromatic carbocycles. The van der Waals surface area contributed by atoms with Crippen LogP contribution in [0.15, 0.2) is 18.3 Å². The zero-order valence-electron chi connectivity index (χ0n) is 16.1. The maximum Gasteiger partial charge on any atom is 0.223 e. The summed E-state index contributed by atoms with van der Waals surface area (Å²) in [5.41, 5.74) is 6.79. The van der Waals surface area contributed by atoms with E-state index in [1.165, 1.54) is 0 Å². The number of anilines is 1. The van der Waals surface area contributed by atoms with E-state index >= 15 is 0 Å². The minimum Gasteiger partial charge on any atom is -0.372 e. The van der Waals surface area contributed by atoms with Crippen molar-refractivity contribution in [2.45, 2.75) is 51.9 Å². The van der Waals surface area contributed by atoms with Crippen molar-refractivity contribution >= 4 is 36.5 Å². The minimum atomic E-state index is 0. The fourth-order valence-electron chi connectivity index (χ4n) is 4.06. The second-order valence-corrected chi connectivity index (χ2v) is 7.44. The van der Waals surface area contributed by atoms with Crippen LogP contribution in [0.5, 0.6) is 0 Å². The second kappa shape index (κ2) is 11.1. The monoisotopic (exact) mass is 418 g/mol. The molecule has 1 saturated heterocycles. The lowest BCUT2D eigenvalue weighted by Gasteiger charge is -2.36. The van der Waals surface area contributed by atoms with Gasteiger partial charge in [0.1, 0.15) is 5.82 Å². The number of amides is 1. The molecule has 1 aliphatic heterocycles. The Bertz CT molecular complexity index is 578. The highest BCUT2D eigenvalue weighted by atomic mass is 35.5. The highest BCUT2D eigenvalue weighted by Crippen LogP contribution is 2.31. The molecule has 0 radical (unpaired) electrons. The minimum absolute atomic E-state index is 0. The fourth-order valence-corrected chi connectivity index (χ4v) is 4.06. The fraction of sp³-hybridized carbons (Fsp3) is 0.684. The van der Waals surface area contributed by atoms with E-state index in [1.807, 2.05) is 18.3 Å². The lowest BCUT2D eigenvalue weighted by atomic mass is 9.95.